The summed E-state index contributed by atoms with van der Waals surface area (Å²) in [4.78, 5) is 18.5. The van der Waals surface area contributed by atoms with Crippen molar-refractivity contribution in [2.75, 3.05) is 29.4 Å². The Morgan fingerprint density at radius 1 is 1.08 bits per heavy atom. The number of aromatic nitrogens is 5. The van der Waals surface area contributed by atoms with Crippen molar-refractivity contribution in [3.63, 3.8) is 0 Å². The van der Waals surface area contributed by atoms with E-state index in [0.29, 0.717) is 6.04 Å². The van der Waals surface area contributed by atoms with Crippen molar-refractivity contribution in [1.29, 1.82) is 0 Å². The molecule has 2 saturated heterocycles. The van der Waals surface area contributed by atoms with Crippen molar-refractivity contribution in [2.24, 2.45) is 5.92 Å². The summed E-state index contributed by atoms with van der Waals surface area (Å²) in [7, 11) is 0. The number of rotatable bonds is 2. The number of aryl methyl sites for hydroxylation is 2. The van der Waals surface area contributed by atoms with E-state index in [1.54, 1.807) is 0 Å². The molecule has 0 amide bonds. The molecule has 3 aromatic rings. The summed E-state index contributed by atoms with van der Waals surface area (Å²) in [5.74, 6) is 3.64. The van der Waals surface area contributed by atoms with Crippen molar-refractivity contribution in [1.82, 2.24) is 24.6 Å². The van der Waals surface area contributed by atoms with Gasteiger partial charge in [-0.15, -0.1) is 0 Å². The highest BCUT2D eigenvalue weighted by molar-refractivity contribution is 5.70. The summed E-state index contributed by atoms with van der Waals surface area (Å²) >= 11 is 0. The average molecular weight is 349 g/mol. The van der Waals surface area contributed by atoms with Crippen LogP contribution >= 0.6 is 0 Å². The molecule has 0 aromatic carbocycles. The summed E-state index contributed by atoms with van der Waals surface area (Å²) in [5.41, 5.74) is 2.12. The molecule has 3 aromatic heterocycles. The molecule has 2 atom stereocenters. The van der Waals surface area contributed by atoms with Crippen LogP contribution in [0.15, 0.2) is 30.7 Å². The topological polar surface area (TPSA) is 62.5 Å². The largest absolute Gasteiger partial charge is 0.354 e. The molecule has 26 heavy (non-hydrogen) atoms. The van der Waals surface area contributed by atoms with Crippen LogP contribution in [0.1, 0.15) is 24.4 Å². The van der Waals surface area contributed by atoms with E-state index in [2.05, 4.69) is 30.9 Å². The molecule has 2 fully saturated rings. The normalized spacial score (nSPS) is 22.8. The van der Waals surface area contributed by atoms with Gasteiger partial charge in [0, 0.05) is 38.2 Å². The summed E-state index contributed by atoms with van der Waals surface area (Å²) in [6.45, 7) is 7.09. The number of hydrogen-bond donors (Lipinski definition) is 0. The minimum atomic E-state index is 0.466. The Morgan fingerprint density at radius 2 is 1.96 bits per heavy atom. The first-order valence-corrected chi connectivity index (χ1v) is 9.31. The second-order valence-electron chi connectivity index (χ2n) is 7.37. The molecular weight excluding hydrogens is 326 g/mol. The highest BCUT2D eigenvalue weighted by Gasteiger charge is 2.40. The van der Waals surface area contributed by atoms with Crippen molar-refractivity contribution >= 4 is 17.2 Å². The van der Waals surface area contributed by atoms with Gasteiger partial charge in [0.2, 0.25) is 0 Å². The molecule has 2 aliphatic rings. The first-order chi connectivity index (χ1) is 12.7. The Hall–Kier alpha value is -2.70. The summed E-state index contributed by atoms with van der Waals surface area (Å²) < 4.78 is 1.94. The van der Waals surface area contributed by atoms with Crippen LogP contribution in [0.2, 0.25) is 0 Å². The maximum Gasteiger partial charge on any atom is 0.155 e. The van der Waals surface area contributed by atoms with Gasteiger partial charge in [0.15, 0.2) is 5.82 Å². The van der Waals surface area contributed by atoms with E-state index < -0.39 is 0 Å². The molecule has 0 radical (unpaired) electrons. The van der Waals surface area contributed by atoms with Crippen LogP contribution in [-0.2, 0) is 0 Å². The molecule has 134 valence electrons. The van der Waals surface area contributed by atoms with Gasteiger partial charge in [-0.1, -0.05) is 0 Å². The van der Waals surface area contributed by atoms with Crippen LogP contribution in [0.4, 0.5) is 11.6 Å². The van der Waals surface area contributed by atoms with Gasteiger partial charge in [-0.3, -0.25) is 0 Å². The second-order valence-corrected chi connectivity index (χ2v) is 7.37. The maximum absolute atomic E-state index is 4.73. The second kappa shape index (κ2) is 5.93. The van der Waals surface area contributed by atoms with Gasteiger partial charge in [-0.05, 0) is 44.7 Å². The molecule has 0 saturated carbocycles. The van der Waals surface area contributed by atoms with Crippen molar-refractivity contribution in [3.05, 3.63) is 42.2 Å². The van der Waals surface area contributed by atoms with Crippen molar-refractivity contribution < 1.29 is 0 Å². The van der Waals surface area contributed by atoms with Gasteiger partial charge >= 0.3 is 0 Å². The van der Waals surface area contributed by atoms with Gasteiger partial charge in [0.05, 0.1) is 11.7 Å². The molecule has 0 bridgehead atoms. The Balaban J connectivity index is 1.47. The zero-order valence-corrected chi connectivity index (χ0v) is 15.2. The fraction of sp³-hybridized carbons (Fsp3) is 0.474. The van der Waals surface area contributed by atoms with E-state index in [0.717, 1.165) is 54.2 Å². The first kappa shape index (κ1) is 15.5. The highest BCUT2D eigenvalue weighted by atomic mass is 15.3. The third-order valence-electron chi connectivity index (χ3n) is 5.71. The maximum atomic E-state index is 4.73. The van der Waals surface area contributed by atoms with Gasteiger partial charge in [-0.2, -0.15) is 5.10 Å². The van der Waals surface area contributed by atoms with Crippen molar-refractivity contribution in [3.8, 4) is 0 Å². The van der Waals surface area contributed by atoms with Gasteiger partial charge < -0.3 is 9.80 Å². The highest BCUT2D eigenvalue weighted by Crippen LogP contribution is 2.36. The predicted octanol–water partition coefficient (Wildman–Crippen LogP) is 2.24. The minimum Gasteiger partial charge on any atom is -0.354 e. The van der Waals surface area contributed by atoms with E-state index >= 15 is 0 Å². The predicted molar refractivity (Wildman–Crippen MR) is 101 cm³/mol. The summed E-state index contributed by atoms with van der Waals surface area (Å²) in [5, 5.41) is 4.54. The van der Waals surface area contributed by atoms with Crippen LogP contribution in [-0.4, -0.2) is 50.2 Å². The van der Waals surface area contributed by atoms with E-state index in [-0.39, 0.29) is 0 Å². The SMILES string of the molecule is Cc1cc2c(N3CCC4CCN(c5ccnc(C)n5)CC43)nccn2n1. The number of piperidine rings is 1. The van der Waals surface area contributed by atoms with Crippen LogP contribution < -0.4 is 9.80 Å². The lowest BCUT2D eigenvalue weighted by Gasteiger charge is -2.39. The molecule has 0 N–H and O–H groups in total. The van der Waals surface area contributed by atoms with Crippen LogP contribution in [0.5, 0.6) is 0 Å². The molecule has 7 nitrogen and oxygen atoms in total. The minimum absolute atomic E-state index is 0.466. The Labute approximate surface area is 152 Å². The average Bonchev–Trinajstić information content (AvgIpc) is 3.23. The molecule has 2 unspecified atom stereocenters. The lowest BCUT2D eigenvalue weighted by atomic mass is 9.92. The fourth-order valence-electron chi connectivity index (χ4n) is 4.48. The van der Waals surface area contributed by atoms with Crippen LogP contribution in [0, 0.1) is 19.8 Å². The molecular formula is C19H23N7. The zero-order chi connectivity index (χ0) is 17.7. The Morgan fingerprint density at radius 3 is 2.85 bits per heavy atom. The molecule has 2 aliphatic heterocycles. The molecule has 7 heteroatoms. The number of fused-ring (bicyclic) bond motifs is 2. The van der Waals surface area contributed by atoms with Gasteiger partial charge in [0.1, 0.15) is 17.2 Å². The lowest BCUT2D eigenvalue weighted by molar-refractivity contribution is 0.388. The number of nitrogens with zero attached hydrogens (tertiary/aromatic N) is 7. The zero-order valence-electron chi connectivity index (χ0n) is 15.2. The number of hydrogen-bond acceptors (Lipinski definition) is 6. The van der Waals surface area contributed by atoms with E-state index in [1.165, 1.54) is 12.8 Å². The first-order valence-electron chi connectivity index (χ1n) is 9.31. The molecule has 5 heterocycles. The van der Waals surface area contributed by atoms with E-state index in [4.69, 9.17) is 4.98 Å². The quantitative estimate of drug-likeness (QED) is 0.707. The lowest BCUT2D eigenvalue weighted by Crippen LogP contribution is -2.49. The van der Waals surface area contributed by atoms with Crippen LogP contribution in [0.25, 0.3) is 5.52 Å². The summed E-state index contributed by atoms with van der Waals surface area (Å²) in [6, 6.07) is 4.61. The summed E-state index contributed by atoms with van der Waals surface area (Å²) in [6.07, 6.45) is 8.07. The Bertz CT molecular complexity index is 950. The fourth-order valence-corrected chi connectivity index (χ4v) is 4.48. The monoisotopic (exact) mass is 349 g/mol. The molecule has 5 rings (SSSR count). The standard InChI is InChI=1S/C19H23N7/c1-13-11-16-19(21-7-10-26(16)23-13)25-9-5-15-4-8-24(12-17(15)25)18-3-6-20-14(2)22-18/h3,6-7,10-11,15,17H,4-5,8-9,12H2,1-2H3. The van der Waals surface area contributed by atoms with Gasteiger partial charge in [0.25, 0.3) is 0 Å². The van der Waals surface area contributed by atoms with Crippen molar-refractivity contribution in [2.45, 2.75) is 32.7 Å². The smallest absolute Gasteiger partial charge is 0.155 e. The third-order valence-corrected chi connectivity index (χ3v) is 5.71. The molecule has 0 spiro atoms. The van der Waals surface area contributed by atoms with Crippen LogP contribution in [0.3, 0.4) is 0 Å². The Kier molecular flexibility index (Phi) is 3.55. The van der Waals surface area contributed by atoms with E-state index in [9.17, 15) is 0 Å². The molecule has 0 aliphatic carbocycles. The van der Waals surface area contributed by atoms with E-state index in [1.807, 2.05) is 43.0 Å². The third kappa shape index (κ3) is 2.50. The van der Waals surface area contributed by atoms with Gasteiger partial charge in [-0.25, -0.2) is 19.5 Å². The number of anilines is 2.